The summed E-state index contributed by atoms with van der Waals surface area (Å²) in [5.41, 5.74) is 0.0765. The van der Waals surface area contributed by atoms with E-state index in [0.717, 1.165) is 25.8 Å². The fourth-order valence-electron chi connectivity index (χ4n) is 3.62. The predicted molar refractivity (Wildman–Crippen MR) is 89.9 cm³/mol. The van der Waals surface area contributed by atoms with Gasteiger partial charge in [0.15, 0.2) is 0 Å². The molecule has 8 heteroatoms. The quantitative estimate of drug-likeness (QED) is 0.895. The molecule has 0 saturated carbocycles. The number of aromatic nitrogens is 4. The van der Waals surface area contributed by atoms with Crippen molar-refractivity contribution in [3.63, 3.8) is 0 Å². The van der Waals surface area contributed by atoms with Crippen molar-refractivity contribution in [2.75, 3.05) is 25.0 Å². The minimum Gasteiger partial charge on any atom is -0.371 e. The summed E-state index contributed by atoms with van der Waals surface area (Å²) in [4.78, 5) is 31.0. The maximum atomic E-state index is 12.6. The van der Waals surface area contributed by atoms with Crippen LogP contribution in [0.2, 0.25) is 0 Å². The monoisotopic (exact) mass is 340 g/mol. The molecule has 25 heavy (non-hydrogen) atoms. The average molecular weight is 340 g/mol. The van der Waals surface area contributed by atoms with Gasteiger partial charge < -0.3 is 15.0 Å². The van der Waals surface area contributed by atoms with E-state index >= 15 is 0 Å². The number of hydrogen-bond donors (Lipinski definition) is 1. The summed E-state index contributed by atoms with van der Waals surface area (Å²) >= 11 is 0. The van der Waals surface area contributed by atoms with Crippen LogP contribution in [-0.2, 0) is 4.74 Å². The Hall–Kier alpha value is -2.61. The normalized spacial score (nSPS) is 25.9. The number of carbonyl (C=O) groups excluding carboxylic acids is 1. The second-order valence-corrected chi connectivity index (χ2v) is 6.53. The van der Waals surface area contributed by atoms with Crippen LogP contribution in [0, 0.1) is 0 Å². The van der Waals surface area contributed by atoms with Crippen LogP contribution in [0.1, 0.15) is 29.8 Å². The molecule has 2 fully saturated rings. The summed E-state index contributed by atoms with van der Waals surface area (Å²) in [7, 11) is 0. The standard InChI is InChI=1S/C17H20N6O2/c24-15(14-10-18-6-7-19-14)23-8-1-3-17(12-23)9-13(11-25-17)22-16-20-4-2-5-21-16/h2,4-7,10,13H,1,3,8-9,11-12H2,(H,20,21,22)/t13-,17-/m1/s1. The predicted octanol–water partition coefficient (Wildman–Crippen LogP) is 1.14. The van der Waals surface area contributed by atoms with Crippen LogP contribution in [0.5, 0.6) is 0 Å². The molecule has 0 aromatic carbocycles. The van der Waals surface area contributed by atoms with Crippen molar-refractivity contribution in [2.45, 2.75) is 30.9 Å². The molecular weight excluding hydrogens is 320 g/mol. The van der Waals surface area contributed by atoms with Crippen LogP contribution >= 0.6 is 0 Å². The molecule has 2 aromatic rings. The summed E-state index contributed by atoms with van der Waals surface area (Å²) in [6.45, 7) is 1.89. The largest absolute Gasteiger partial charge is 0.371 e. The lowest BCUT2D eigenvalue weighted by atomic mass is 9.88. The lowest BCUT2D eigenvalue weighted by Gasteiger charge is -2.39. The van der Waals surface area contributed by atoms with Crippen molar-refractivity contribution in [1.82, 2.24) is 24.8 Å². The fraction of sp³-hybridized carbons (Fsp3) is 0.471. The highest BCUT2D eigenvalue weighted by molar-refractivity contribution is 5.92. The number of amides is 1. The zero-order valence-corrected chi connectivity index (χ0v) is 13.8. The van der Waals surface area contributed by atoms with E-state index in [2.05, 4.69) is 25.3 Å². The first-order chi connectivity index (χ1) is 12.2. The second-order valence-electron chi connectivity index (χ2n) is 6.53. The number of piperidine rings is 1. The first-order valence-corrected chi connectivity index (χ1v) is 8.47. The Kier molecular flexibility index (Phi) is 4.27. The summed E-state index contributed by atoms with van der Waals surface area (Å²) in [5.74, 6) is 0.523. The third-order valence-electron chi connectivity index (χ3n) is 4.72. The fourth-order valence-corrected chi connectivity index (χ4v) is 3.62. The van der Waals surface area contributed by atoms with E-state index in [0.29, 0.717) is 24.8 Å². The number of rotatable bonds is 3. The number of anilines is 1. The molecule has 0 unspecified atom stereocenters. The lowest BCUT2D eigenvalue weighted by molar-refractivity contribution is -0.0448. The molecule has 0 aliphatic carbocycles. The van der Waals surface area contributed by atoms with E-state index in [4.69, 9.17) is 4.74 Å². The van der Waals surface area contributed by atoms with Crippen LogP contribution in [0.3, 0.4) is 0 Å². The number of hydrogen-bond acceptors (Lipinski definition) is 7. The van der Waals surface area contributed by atoms with Crippen LogP contribution < -0.4 is 5.32 Å². The second kappa shape index (κ2) is 6.72. The van der Waals surface area contributed by atoms with E-state index in [1.165, 1.54) is 6.20 Å². The van der Waals surface area contributed by atoms with Crippen molar-refractivity contribution in [3.8, 4) is 0 Å². The Morgan fingerprint density at radius 2 is 2.12 bits per heavy atom. The molecule has 1 amide bonds. The van der Waals surface area contributed by atoms with Gasteiger partial charge in [-0.15, -0.1) is 0 Å². The molecule has 2 saturated heterocycles. The minimum atomic E-state index is -0.303. The smallest absolute Gasteiger partial charge is 0.274 e. The Morgan fingerprint density at radius 3 is 2.92 bits per heavy atom. The molecule has 8 nitrogen and oxygen atoms in total. The van der Waals surface area contributed by atoms with Crippen molar-refractivity contribution in [3.05, 3.63) is 42.7 Å². The van der Waals surface area contributed by atoms with E-state index < -0.39 is 0 Å². The van der Waals surface area contributed by atoms with Gasteiger partial charge in [0.05, 0.1) is 31.0 Å². The van der Waals surface area contributed by atoms with Crippen molar-refractivity contribution >= 4 is 11.9 Å². The highest BCUT2D eigenvalue weighted by atomic mass is 16.5. The SMILES string of the molecule is O=C(c1cnccn1)N1CCC[C@@]2(C[C@@H](Nc3ncccn3)CO2)C1. The third kappa shape index (κ3) is 3.43. The van der Waals surface area contributed by atoms with Crippen LogP contribution in [0.15, 0.2) is 37.1 Å². The molecule has 2 atom stereocenters. The van der Waals surface area contributed by atoms with Gasteiger partial charge in [-0.2, -0.15) is 0 Å². The van der Waals surface area contributed by atoms with Gasteiger partial charge >= 0.3 is 0 Å². The van der Waals surface area contributed by atoms with Gasteiger partial charge in [-0.3, -0.25) is 9.78 Å². The first kappa shape index (κ1) is 15.9. The molecule has 2 aliphatic heterocycles. The minimum absolute atomic E-state index is 0.0847. The highest BCUT2D eigenvalue weighted by Gasteiger charge is 2.44. The summed E-state index contributed by atoms with van der Waals surface area (Å²) in [6.07, 6.45) is 10.7. The number of nitrogens with one attached hydrogen (secondary N) is 1. The highest BCUT2D eigenvalue weighted by Crippen LogP contribution is 2.35. The van der Waals surface area contributed by atoms with Gasteiger partial charge in [0.2, 0.25) is 5.95 Å². The molecule has 1 N–H and O–H groups in total. The van der Waals surface area contributed by atoms with Crippen LogP contribution in [-0.4, -0.2) is 62.1 Å². The lowest BCUT2D eigenvalue weighted by Crippen LogP contribution is -2.50. The molecule has 1 spiro atoms. The maximum Gasteiger partial charge on any atom is 0.274 e. The molecule has 130 valence electrons. The van der Waals surface area contributed by atoms with Gasteiger partial charge in [0.1, 0.15) is 5.69 Å². The van der Waals surface area contributed by atoms with Gasteiger partial charge in [-0.05, 0) is 18.9 Å². The van der Waals surface area contributed by atoms with Crippen LogP contribution in [0.25, 0.3) is 0 Å². The zero-order valence-electron chi connectivity index (χ0n) is 13.8. The topological polar surface area (TPSA) is 93.1 Å². The van der Waals surface area contributed by atoms with Crippen LogP contribution in [0.4, 0.5) is 5.95 Å². The van der Waals surface area contributed by atoms with E-state index in [1.807, 2.05) is 4.90 Å². The molecule has 2 aliphatic rings. The van der Waals surface area contributed by atoms with Crippen molar-refractivity contribution < 1.29 is 9.53 Å². The Morgan fingerprint density at radius 1 is 1.24 bits per heavy atom. The summed E-state index contributed by atoms with van der Waals surface area (Å²) in [5, 5.41) is 3.32. The molecule has 0 radical (unpaired) electrons. The number of likely N-dealkylation sites (tertiary alicyclic amines) is 1. The Balaban J connectivity index is 1.42. The first-order valence-electron chi connectivity index (χ1n) is 8.47. The van der Waals surface area contributed by atoms with Crippen molar-refractivity contribution in [2.24, 2.45) is 0 Å². The number of carbonyl (C=O) groups is 1. The number of nitrogens with zero attached hydrogens (tertiary/aromatic N) is 5. The Bertz CT molecular complexity index is 728. The van der Waals surface area contributed by atoms with Gasteiger partial charge in [0.25, 0.3) is 5.91 Å². The summed E-state index contributed by atoms with van der Waals surface area (Å²) < 4.78 is 6.13. The maximum absolute atomic E-state index is 12.6. The Labute approximate surface area is 145 Å². The van der Waals surface area contributed by atoms with E-state index in [9.17, 15) is 4.79 Å². The van der Waals surface area contributed by atoms with E-state index in [-0.39, 0.29) is 17.6 Å². The molecule has 0 bridgehead atoms. The zero-order chi connectivity index (χ0) is 17.1. The summed E-state index contributed by atoms with van der Waals surface area (Å²) in [6, 6.07) is 1.93. The molecular formula is C17H20N6O2. The van der Waals surface area contributed by atoms with Crippen molar-refractivity contribution in [1.29, 1.82) is 0 Å². The molecule has 4 rings (SSSR count). The third-order valence-corrected chi connectivity index (χ3v) is 4.72. The number of ether oxygens (including phenoxy) is 1. The average Bonchev–Trinajstić information content (AvgIpc) is 3.04. The van der Waals surface area contributed by atoms with Gasteiger partial charge in [-0.1, -0.05) is 0 Å². The molecule has 4 heterocycles. The van der Waals surface area contributed by atoms with E-state index in [1.54, 1.807) is 30.9 Å². The van der Waals surface area contributed by atoms with Gasteiger partial charge in [0, 0.05) is 37.8 Å². The van der Waals surface area contributed by atoms with Gasteiger partial charge in [-0.25, -0.2) is 15.0 Å². The molecule has 2 aromatic heterocycles.